The van der Waals surface area contributed by atoms with Gasteiger partial charge in [-0.25, -0.2) is 9.74 Å². The smallest absolute Gasteiger partial charge is 0.379 e. The maximum Gasteiger partial charge on any atom is 0.379 e. The van der Waals surface area contributed by atoms with Gasteiger partial charge in [-0.3, -0.25) is 5.10 Å². The molecule has 2 aromatic rings. The monoisotopic (exact) mass is 237 g/mol. The first-order valence-corrected chi connectivity index (χ1v) is 4.61. The second-order valence-electron chi connectivity index (χ2n) is 3.16. The number of benzene rings is 1. The molecule has 88 valence electrons. The number of nitrogens with two attached hydrogens (primary N) is 1. The van der Waals surface area contributed by atoms with Crippen molar-refractivity contribution < 1.29 is 19.0 Å². The number of aromatic nitrogens is 2. The number of rotatable bonds is 3. The molecule has 7 heteroatoms. The lowest BCUT2D eigenvalue weighted by Crippen LogP contribution is -1.98. The Hall–Kier alpha value is -2.57. The van der Waals surface area contributed by atoms with Gasteiger partial charge in [-0.15, -0.1) is 5.10 Å². The predicted molar refractivity (Wildman–Crippen MR) is 56.0 cm³/mol. The van der Waals surface area contributed by atoms with Gasteiger partial charge in [-0.05, 0) is 18.2 Å². The van der Waals surface area contributed by atoms with Crippen molar-refractivity contribution in [1.29, 1.82) is 0 Å². The lowest BCUT2D eigenvalue weighted by atomic mass is 10.2. The Bertz CT molecular complexity index is 541. The molecule has 1 aromatic carbocycles. The molecule has 6 nitrogen and oxygen atoms in total. The maximum atomic E-state index is 11.7. The average Bonchev–Trinajstić information content (AvgIpc) is 2.74. The van der Waals surface area contributed by atoms with Crippen LogP contribution in [0.5, 0.6) is 11.6 Å². The molecule has 0 fully saturated rings. The Morgan fingerprint density at radius 3 is 2.88 bits per heavy atom. The summed E-state index contributed by atoms with van der Waals surface area (Å²) < 4.78 is 17.0. The fourth-order valence-corrected chi connectivity index (χ4v) is 1.22. The van der Waals surface area contributed by atoms with Crippen LogP contribution in [0, 0.1) is 0 Å². The maximum absolute atomic E-state index is 11.7. The number of carbonyl (C=O) groups is 1. The standard InChI is InChI=1S/C10H8FN3O3/c11-17-10(15)6-2-1-3-7(4-6)16-9-5-8(12)13-14-9/h1-5H,(H3,12,13,14). The molecule has 0 amide bonds. The van der Waals surface area contributed by atoms with E-state index in [4.69, 9.17) is 10.5 Å². The van der Waals surface area contributed by atoms with Crippen LogP contribution in [0.25, 0.3) is 0 Å². The number of H-pyrrole nitrogens is 1. The van der Waals surface area contributed by atoms with Crippen LogP contribution < -0.4 is 10.5 Å². The van der Waals surface area contributed by atoms with Gasteiger partial charge in [0.2, 0.25) is 5.88 Å². The Labute approximate surface area is 95.0 Å². The lowest BCUT2D eigenvalue weighted by molar-refractivity contribution is -0.0788. The van der Waals surface area contributed by atoms with E-state index in [1.165, 1.54) is 24.3 Å². The number of nitrogens with one attached hydrogen (secondary N) is 1. The topological polar surface area (TPSA) is 90.2 Å². The third-order valence-electron chi connectivity index (χ3n) is 1.94. The Balaban J connectivity index is 2.19. The summed E-state index contributed by atoms with van der Waals surface area (Å²) in [5.41, 5.74) is 5.45. The highest BCUT2D eigenvalue weighted by molar-refractivity contribution is 5.89. The summed E-state index contributed by atoms with van der Waals surface area (Å²) in [4.78, 5) is 14.0. The quantitative estimate of drug-likeness (QED) is 0.849. The summed E-state index contributed by atoms with van der Waals surface area (Å²) >= 11 is 0. The zero-order valence-electron chi connectivity index (χ0n) is 8.51. The summed E-state index contributed by atoms with van der Waals surface area (Å²) in [6, 6.07) is 7.30. The molecule has 0 saturated heterocycles. The van der Waals surface area contributed by atoms with Gasteiger partial charge in [0.1, 0.15) is 11.6 Å². The number of hydrogen-bond acceptors (Lipinski definition) is 5. The fourth-order valence-electron chi connectivity index (χ4n) is 1.22. The van der Waals surface area contributed by atoms with Crippen LogP contribution in [0.1, 0.15) is 10.4 Å². The molecule has 0 aliphatic carbocycles. The van der Waals surface area contributed by atoms with E-state index >= 15 is 0 Å². The van der Waals surface area contributed by atoms with E-state index in [0.29, 0.717) is 11.6 Å². The zero-order chi connectivity index (χ0) is 12.3. The van der Waals surface area contributed by atoms with Crippen molar-refractivity contribution in [2.75, 3.05) is 5.73 Å². The minimum Gasteiger partial charge on any atom is -0.437 e. The van der Waals surface area contributed by atoms with Crippen molar-refractivity contribution in [3.05, 3.63) is 35.9 Å². The number of nitrogens with zero attached hydrogens (tertiary/aromatic N) is 1. The minimum atomic E-state index is -1.09. The molecule has 1 heterocycles. The highest BCUT2D eigenvalue weighted by atomic mass is 19.3. The molecule has 3 N–H and O–H groups in total. The van der Waals surface area contributed by atoms with Crippen LogP contribution in [-0.2, 0) is 4.94 Å². The summed E-state index contributed by atoms with van der Waals surface area (Å²) in [5.74, 6) is -0.177. The first-order chi connectivity index (χ1) is 8.19. The van der Waals surface area contributed by atoms with Gasteiger partial charge in [0.25, 0.3) is 0 Å². The Morgan fingerprint density at radius 2 is 2.24 bits per heavy atom. The number of carbonyl (C=O) groups excluding carboxylic acids is 1. The van der Waals surface area contributed by atoms with Gasteiger partial charge in [-0.1, -0.05) is 6.07 Å². The number of nitrogen functional groups attached to an aromatic ring is 1. The number of aromatic amines is 1. The van der Waals surface area contributed by atoms with Gasteiger partial charge in [-0.2, -0.15) is 0 Å². The average molecular weight is 237 g/mol. The fraction of sp³-hybridized carbons (Fsp3) is 0. The van der Waals surface area contributed by atoms with E-state index < -0.39 is 5.97 Å². The highest BCUT2D eigenvalue weighted by Gasteiger charge is 2.09. The largest absolute Gasteiger partial charge is 0.437 e. The molecule has 17 heavy (non-hydrogen) atoms. The summed E-state index contributed by atoms with van der Waals surface area (Å²) in [7, 11) is 0. The van der Waals surface area contributed by atoms with Gasteiger partial charge in [0, 0.05) is 10.6 Å². The van der Waals surface area contributed by atoms with Gasteiger partial charge >= 0.3 is 5.97 Å². The van der Waals surface area contributed by atoms with Crippen molar-refractivity contribution in [2.45, 2.75) is 0 Å². The number of halogens is 1. The molecule has 0 saturated carbocycles. The molecular weight excluding hydrogens is 229 g/mol. The Kier molecular flexibility index (Phi) is 2.91. The van der Waals surface area contributed by atoms with E-state index in [2.05, 4.69) is 15.1 Å². The van der Waals surface area contributed by atoms with Gasteiger partial charge < -0.3 is 10.5 Å². The first-order valence-electron chi connectivity index (χ1n) is 4.61. The number of hydrogen-bond donors (Lipinski definition) is 2. The molecule has 1 aromatic heterocycles. The first kappa shape index (κ1) is 10.9. The lowest BCUT2D eigenvalue weighted by Gasteiger charge is -2.02. The van der Waals surface area contributed by atoms with Crippen molar-refractivity contribution in [3.8, 4) is 11.6 Å². The van der Waals surface area contributed by atoms with Crippen molar-refractivity contribution in [3.63, 3.8) is 0 Å². The van der Waals surface area contributed by atoms with Crippen molar-refractivity contribution in [1.82, 2.24) is 10.2 Å². The predicted octanol–water partition coefficient (Wildman–Crippen LogP) is 1.83. The third kappa shape index (κ3) is 2.51. The van der Waals surface area contributed by atoms with E-state index in [1.807, 2.05) is 0 Å². The van der Waals surface area contributed by atoms with Crippen LogP contribution >= 0.6 is 0 Å². The molecule has 2 rings (SSSR count). The molecule has 0 radical (unpaired) electrons. The van der Waals surface area contributed by atoms with Crippen molar-refractivity contribution in [2.24, 2.45) is 0 Å². The van der Waals surface area contributed by atoms with Gasteiger partial charge in [0.05, 0.1) is 5.56 Å². The molecule has 0 unspecified atom stereocenters. The highest BCUT2D eigenvalue weighted by Crippen LogP contribution is 2.21. The van der Waals surface area contributed by atoms with Gasteiger partial charge in [0.15, 0.2) is 0 Å². The van der Waals surface area contributed by atoms with Crippen LogP contribution in [-0.4, -0.2) is 16.2 Å². The molecule has 0 aliphatic rings. The third-order valence-corrected chi connectivity index (χ3v) is 1.94. The van der Waals surface area contributed by atoms with Crippen LogP contribution in [0.2, 0.25) is 0 Å². The summed E-state index contributed by atoms with van der Waals surface area (Å²) in [5, 5.41) is 6.23. The summed E-state index contributed by atoms with van der Waals surface area (Å²) in [6.07, 6.45) is 0. The molecule has 0 bridgehead atoms. The zero-order valence-corrected chi connectivity index (χ0v) is 8.51. The van der Waals surface area contributed by atoms with E-state index in [1.54, 1.807) is 6.07 Å². The van der Waals surface area contributed by atoms with Crippen LogP contribution in [0.4, 0.5) is 10.3 Å². The van der Waals surface area contributed by atoms with Crippen LogP contribution in [0.3, 0.4) is 0 Å². The molecule has 0 aliphatic heterocycles. The van der Waals surface area contributed by atoms with E-state index in [0.717, 1.165) is 0 Å². The SMILES string of the molecule is Nc1cc(Oc2cccc(C(=O)OF)c2)n[nH]1. The molecule has 0 spiro atoms. The summed E-state index contributed by atoms with van der Waals surface area (Å²) in [6.45, 7) is 0. The number of anilines is 1. The van der Waals surface area contributed by atoms with Crippen LogP contribution in [0.15, 0.2) is 30.3 Å². The second-order valence-corrected chi connectivity index (χ2v) is 3.16. The normalized spacial score (nSPS) is 9.94. The van der Waals surface area contributed by atoms with E-state index in [9.17, 15) is 9.32 Å². The second kappa shape index (κ2) is 4.52. The van der Waals surface area contributed by atoms with Crippen molar-refractivity contribution >= 4 is 11.8 Å². The minimum absolute atomic E-state index is 0.0357. The Morgan fingerprint density at radius 1 is 1.41 bits per heavy atom. The number of ether oxygens (including phenoxy) is 1. The van der Waals surface area contributed by atoms with E-state index in [-0.39, 0.29) is 11.4 Å². The molecular formula is C10H8FN3O3. The molecule has 0 atom stereocenters.